The molecular formula is C16H20F2N2O. The van der Waals surface area contributed by atoms with Crippen LogP contribution >= 0.6 is 0 Å². The molecule has 2 fully saturated rings. The monoisotopic (exact) mass is 294 g/mol. The highest BCUT2D eigenvalue weighted by molar-refractivity contribution is 5.86. The molecule has 1 aliphatic heterocycles. The van der Waals surface area contributed by atoms with Crippen molar-refractivity contribution >= 4 is 5.91 Å². The summed E-state index contributed by atoms with van der Waals surface area (Å²) < 4.78 is 26.7. The van der Waals surface area contributed by atoms with Crippen molar-refractivity contribution in [3.8, 4) is 0 Å². The Balaban J connectivity index is 1.62. The van der Waals surface area contributed by atoms with Gasteiger partial charge < -0.3 is 10.6 Å². The van der Waals surface area contributed by atoms with Crippen LogP contribution in [0.25, 0.3) is 0 Å². The zero-order valence-corrected chi connectivity index (χ0v) is 11.9. The zero-order valence-electron chi connectivity index (χ0n) is 11.9. The van der Waals surface area contributed by atoms with Gasteiger partial charge in [-0.25, -0.2) is 8.78 Å². The molecule has 21 heavy (non-hydrogen) atoms. The predicted octanol–water partition coefficient (Wildman–Crippen LogP) is 1.96. The van der Waals surface area contributed by atoms with Crippen LogP contribution in [0, 0.1) is 11.2 Å². The van der Waals surface area contributed by atoms with Crippen LogP contribution in [0.3, 0.4) is 0 Å². The molecule has 1 aliphatic carbocycles. The molecule has 1 heterocycles. The third-order valence-electron chi connectivity index (χ3n) is 4.52. The third-order valence-corrected chi connectivity index (χ3v) is 4.52. The van der Waals surface area contributed by atoms with E-state index in [1.54, 1.807) is 12.1 Å². The van der Waals surface area contributed by atoms with E-state index in [4.69, 9.17) is 0 Å². The number of carbonyl (C=O) groups excluding carboxylic acids is 1. The van der Waals surface area contributed by atoms with Crippen LogP contribution < -0.4 is 10.6 Å². The highest BCUT2D eigenvalue weighted by Crippen LogP contribution is 2.48. The van der Waals surface area contributed by atoms with Gasteiger partial charge in [-0.05, 0) is 49.9 Å². The Bertz CT molecular complexity index is 514. The Morgan fingerprint density at radius 1 is 1.33 bits per heavy atom. The van der Waals surface area contributed by atoms with Gasteiger partial charge in [0.1, 0.15) is 12.0 Å². The van der Waals surface area contributed by atoms with Gasteiger partial charge in [-0.15, -0.1) is 0 Å². The molecule has 0 aromatic heterocycles. The molecule has 2 atom stereocenters. The van der Waals surface area contributed by atoms with E-state index in [2.05, 4.69) is 10.6 Å². The van der Waals surface area contributed by atoms with Crippen LogP contribution in [-0.2, 0) is 11.2 Å². The number of rotatable bonds is 4. The lowest BCUT2D eigenvalue weighted by Gasteiger charge is -2.29. The topological polar surface area (TPSA) is 41.1 Å². The first-order chi connectivity index (χ1) is 10.1. The molecule has 2 aliphatic rings. The van der Waals surface area contributed by atoms with Crippen LogP contribution in [-0.4, -0.2) is 31.2 Å². The largest absolute Gasteiger partial charge is 0.350 e. The molecule has 2 N–H and O–H groups in total. The van der Waals surface area contributed by atoms with Crippen molar-refractivity contribution in [2.75, 3.05) is 13.1 Å². The normalized spacial score (nSPS) is 27.1. The standard InChI is InChI=1S/C16H20F2N2O/c17-12-3-1-11(2-4-12)9-16(6-7-16)15(21)20-14-5-8-19-10-13(14)18/h1-4,13-14,19H,5-10H2,(H,20,21)/t13-,14-/m0/s1. The number of carbonyl (C=O) groups is 1. The van der Waals surface area contributed by atoms with Gasteiger partial charge in [0.05, 0.1) is 11.5 Å². The molecular weight excluding hydrogens is 274 g/mol. The predicted molar refractivity (Wildman–Crippen MR) is 76.1 cm³/mol. The van der Waals surface area contributed by atoms with Crippen molar-refractivity contribution in [2.45, 2.75) is 37.9 Å². The summed E-state index contributed by atoms with van der Waals surface area (Å²) in [7, 11) is 0. The summed E-state index contributed by atoms with van der Waals surface area (Å²) in [4.78, 5) is 12.4. The van der Waals surface area contributed by atoms with Crippen molar-refractivity contribution in [1.82, 2.24) is 10.6 Å². The van der Waals surface area contributed by atoms with Crippen molar-refractivity contribution in [1.29, 1.82) is 0 Å². The summed E-state index contributed by atoms with van der Waals surface area (Å²) >= 11 is 0. The van der Waals surface area contributed by atoms with Gasteiger partial charge in [-0.3, -0.25) is 4.79 Å². The molecule has 114 valence electrons. The molecule has 1 saturated heterocycles. The molecule has 3 rings (SSSR count). The second kappa shape index (κ2) is 5.72. The molecule has 1 aromatic rings. The fourth-order valence-electron chi connectivity index (χ4n) is 2.93. The van der Waals surface area contributed by atoms with Gasteiger partial charge in [0.2, 0.25) is 5.91 Å². The van der Waals surface area contributed by atoms with Gasteiger partial charge >= 0.3 is 0 Å². The molecule has 0 radical (unpaired) electrons. The Morgan fingerprint density at radius 3 is 2.67 bits per heavy atom. The lowest BCUT2D eigenvalue weighted by molar-refractivity contribution is -0.127. The van der Waals surface area contributed by atoms with E-state index in [0.717, 1.165) is 24.9 Å². The van der Waals surface area contributed by atoms with Gasteiger partial charge in [-0.2, -0.15) is 0 Å². The average molecular weight is 294 g/mol. The maximum Gasteiger partial charge on any atom is 0.226 e. The number of nitrogens with one attached hydrogen (secondary N) is 2. The first kappa shape index (κ1) is 14.4. The molecule has 1 aromatic carbocycles. The summed E-state index contributed by atoms with van der Waals surface area (Å²) in [5.74, 6) is -0.329. The molecule has 5 heteroatoms. The Morgan fingerprint density at radius 2 is 2.05 bits per heavy atom. The minimum absolute atomic E-state index is 0.0543. The highest BCUT2D eigenvalue weighted by Gasteiger charge is 2.50. The Hall–Kier alpha value is -1.49. The smallest absolute Gasteiger partial charge is 0.226 e. The molecule has 1 amide bonds. The molecule has 0 spiro atoms. The molecule has 0 unspecified atom stereocenters. The fourth-order valence-corrected chi connectivity index (χ4v) is 2.93. The van der Waals surface area contributed by atoms with Crippen LogP contribution in [0.5, 0.6) is 0 Å². The first-order valence-corrected chi connectivity index (χ1v) is 7.49. The second-order valence-electron chi connectivity index (χ2n) is 6.17. The number of amides is 1. The van der Waals surface area contributed by atoms with E-state index in [9.17, 15) is 13.6 Å². The zero-order chi connectivity index (χ0) is 14.9. The van der Waals surface area contributed by atoms with Crippen molar-refractivity contribution in [3.63, 3.8) is 0 Å². The number of hydrogen-bond acceptors (Lipinski definition) is 2. The lowest BCUT2D eigenvalue weighted by Crippen LogP contribution is -2.52. The second-order valence-corrected chi connectivity index (χ2v) is 6.17. The summed E-state index contributed by atoms with van der Waals surface area (Å²) in [6.07, 6.45) is 1.83. The minimum atomic E-state index is -1.02. The Kier molecular flexibility index (Phi) is 3.93. The van der Waals surface area contributed by atoms with Crippen molar-refractivity contribution in [2.24, 2.45) is 5.41 Å². The number of piperidine rings is 1. The Labute approximate surface area is 123 Å². The summed E-state index contributed by atoms with van der Waals surface area (Å²) in [6.45, 7) is 1.03. The lowest BCUT2D eigenvalue weighted by atomic mass is 9.94. The highest BCUT2D eigenvalue weighted by atomic mass is 19.1. The number of benzene rings is 1. The van der Waals surface area contributed by atoms with E-state index in [1.165, 1.54) is 12.1 Å². The van der Waals surface area contributed by atoms with Crippen LogP contribution in [0.2, 0.25) is 0 Å². The summed E-state index contributed by atoms with van der Waals surface area (Å²) in [6, 6.07) is 5.86. The summed E-state index contributed by atoms with van der Waals surface area (Å²) in [5.41, 5.74) is 0.536. The minimum Gasteiger partial charge on any atom is -0.350 e. The van der Waals surface area contributed by atoms with Gasteiger partial charge in [-0.1, -0.05) is 12.1 Å². The number of hydrogen-bond donors (Lipinski definition) is 2. The molecule has 0 bridgehead atoms. The van der Waals surface area contributed by atoms with E-state index < -0.39 is 11.6 Å². The van der Waals surface area contributed by atoms with Crippen LogP contribution in [0.15, 0.2) is 24.3 Å². The van der Waals surface area contributed by atoms with Crippen molar-refractivity contribution in [3.05, 3.63) is 35.6 Å². The first-order valence-electron chi connectivity index (χ1n) is 7.49. The molecule has 1 saturated carbocycles. The number of halogens is 2. The van der Waals surface area contributed by atoms with Crippen LogP contribution in [0.1, 0.15) is 24.8 Å². The van der Waals surface area contributed by atoms with Crippen LogP contribution in [0.4, 0.5) is 8.78 Å². The van der Waals surface area contributed by atoms with Crippen molar-refractivity contribution < 1.29 is 13.6 Å². The van der Waals surface area contributed by atoms with Gasteiger partial charge in [0.15, 0.2) is 0 Å². The molecule has 3 nitrogen and oxygen atoms in total. The summed E-state index contributed by atoms with van der Waals surface area (Å²) in [5, 5.41) is 5.85. The van der Waals surface area contributed by atoms with E-state index in [0.29, 0.717) is 19.4 Å². The van der Waals surface area contributed by atoms with E-state index in [-0.39, 0.29) is 17.8 Å². The maximum atomic E-state index is 13.8. The number of alkyl halides is 1. The average Bonchev–Trinajstić information content (AvgIpc) is 3.25. The van der Waals surface area contributed by atoms with Gasteiger partial charge in [0.25, 0.3) is 0 Å². The SMILES string of the molecule is O=C(N[C@H]1CCNC[C@@H]1F)C1(Cc2ccc(F)cc2)CC1. The van der Waals surface area contributed by atoms with E-state index >= 15 is 0 Å². The fraction of sp³-hybridized carbons (Fsp3) is 0.562. The maximum absolute atomic E-state index is 13.8. The van der Waals surface area contributed by atoms with Gasteiger partial charge in [0, 0.05) is 6.54 Å². The quantitative estimate of drug-likeness (QED) is 0.891. The van der Waals surface area contributed by atoms with E-state index in [1.807, 2.05) is 0 Å². The third kappa shape index (κ3) is 3.23.